The number of fused-ring (bicyclic) bond motifs is 1. The molecule has 3 aromatic rings. The molecule has 0 saturated heterocycles. The number of nitrogens with two attached hydrogens (primary N) is 1. The van der Waals surface area contributed by atoms with Gasteiger partial charge in [-0.3, -0.25) is 4.79 Å². The molecular weight excluding hydrogens is 458 g/mol. The highest BCUT2D eigenvalue weighted by Crippen LogP contribution is 2.28. The average molecular weight is 490 g/mol. The van der Waals surface area contributed by atoms with Gasteiger partial charge in [0, 0.05) is 32.0 Å². The van der Waals surface area contributed by atoms with Crippen molar-refractivity contribution in [3.8, 4) is 0 Å². The maximum absolute atomic E-state index is 13.4. The number of amides is 2. The summed E-state index contributed by atoms with van der Waals surface area (Å²) in [6, 6.07) is 17.8. The Morgan fingerprint density at radius 1 is 1.14 bits per heavy atom. The van der Waals surface area contributed by atoms with Crippen LogP contribution in [0, 0.1) is 6.92 Å². The van der Waals surface area contributed by atoms with E-state index in [0.29, 0.717) is 49.7 Å². The SMILES string of the molecule is Cc1ncc2c(n1)N(C)CCN(c1cccc(COC(CCCOC(N)=O)c3ccccc3)c1)C2=O. The van der Waals surface area contributed by atoms with Crippen molar-refractivity contribution in [3.63, 3.8) is 0 Å². The van der Waals surface area contributed by atoms with Crippen molar-refractivity contribution in [2.45, 2.75) is 32.5 Å². The van der Waals surface area contributed by atoms with Crippen molar-refractivity contribution in [3.05, 3.63) is 83.3 Å². The molecule has 1 unspecified atom stereocenters. The third kappa shape index (κ3) is 6.17. The Morgan fingerprint density at radius 3 is 2.72 bits per heavy atom. The first-order valence-corrected chi connectivity index (χ1v) is 12.0. The Morgan fingerprint density at radius 2 is 1.94 bits per heavy atom. The third-order valence-electron chi connectivity index (χ3n) is 6.08. The highest BCUT2D eigenvalue weighted by atomic mass is 16.5. The van der Waals surface area contributed by atoms with E-state index in [0.717, 1.165) is 16.8 Å². The number of rotatable bonds is 9. The van der Waals surface area contributed by atoms with Crippen LogP contribution in [0.5, 0.6) is 0 Å². The van der Waals surface area contributed by atoms with Gasteiger partial charge < -0.3 is 25.0 Å². The van der Waals surface area contributed by atoms with E-state index in [9.17, 15) is 9.59 Å². The molecule has 0 spiro atoms. The van der Waals surface area contributed by atoms with Gasteiger partial charge in [-0.15, -0.1) is 0 Å². The second-order valence-electron chi connectivity index (χ2n) is 8.72. The quantitative estimate of drug-likeness (QED) is 0.452. The van der Waals surface area contributed by atoms with Crippen LogP contribution < -0.4 is 15.5 Å². The molecule has 2 amide bonds. The van der Waals surface area contributed by atoms with Gasteiger partial charge in [-0.25, -0.2) is 14.8 Å². The minimum Gasteiger partial charge on any atom is -0.450 e. The minimum atomic E-state index is -0.775. The van der Waals surface area contributed by atoms with Crippen molar-refractivity contribution in [2.24, 2.45) is 5.73 Å². The number of nitrogens with zero attached hydrogens (tertiary/aromatic N) is 4. The number of primary amides is 1. The molecule has 2 aromatic carbocycles. The molecule has 1 atom stereocenters. The Kier molecular flexibility index (Phi) is 8.12. The maximum atomic E-state index is 13.4. The number of hydrogen-bond acceptors (Lipinski definition) is 7. The Labute approximate surface area is 210 Å². The second kappa shape index (κ2) is 11.6. The molecule has 36 heavy (non-hydrogen) atoms. The first-order chi connectivity index (χ1) is 17.4. The van der Waals surface area contributed by atoms with E-state index in [1.807, 2.05) is 73.5 Å². The Hall–Kier alpha value is -3.98. The normalized spacial score (nSPS) is 14.2. The molecule has 9 heteroatoms. The summed E-state index contributed by atoms with van der Waals surface area (Å²) in [5.41, 5.74) is 8.35. The number of hydrogen-bond donors (Lipinski definition) is 1. The first kappa shape index (κ1) is 25.1. The summed E-state index contributed by atoms with van der Waals surface area (Å²) >= 11 is 0. The number of benzene rings is 2. The summed E-state index contributed by atoms with van der Waals surface area (Å²) in [7, 11) is 1.94. The van der Waals surface area contributed by atoms with Crippen LogP contribution in [-0.4, -0.2) is 48.7 Å². The van der Waals surface area contributed by atoms with Crippen molar-refractivity contribution in [1.29, 1.82) is 0 Å². The van der Waals surface area contributed by atoms with Crippen LogP contribution in [0.4, 0.5) is 16.3 Å². The largest absolute Gasteiger partial charge is 0.450 e. The summed E-state index contributed by atoms with van der Waals surface area (Å²) in [6.45, 7) is 3.61. The predicted molar refractivity (Wildman–Crippen MR) is 137 cm³/mol. The summed E-state index contributed by atoms with van der Waals surface area (Å²) in [5.74, 6) is 1.17. The van der Waals surface area contributed by atoms with Gasteiger partial charge >= 0.3 is 6.09 Å². The summed E-state index contributed by atoms with van der Waals surface area (Å²) in [6.07, 6.45) is 1.95. The van der Waals surface area contributed by atoms with Crippen LogP contribution in [-0.2, 0) is 16.1 Å². The molecule has 0 saturated carbocycles. The fraction of sp³-hybridized carbons (Fsp3) is 0.333. The Balaban J connectivity index is 1.48. The lowest BCUT2D eigenvalue weighted by atomic mass is 10.0. The zero-order valence-electron chi connectivity index (χ0n) is 20.6. The van der Waals surface area contributed by atoms with E-state index in [1.54, 1.807) is 11.1 Å². The van der Waals surface area contributed by atoms with Gasteiger partial charge in [0.1, 0.15) is 17.2 Å². The van der Waals surface area contributed by atoms with Crippen molar-refractivity contribution < 1.29 is 19.1 Å². The number of aryl methyl sites for hydroxylation is 1. The van der Waals surface area contributed by atoms with Crippen LogP contribution in [0.15, 0.2) is 60.8 Å². The molecular formula is C27H31N5O4. The van der Waals surface area contributed by atoms with E-state index in [4.69, 9.17) is 15.2 Å². The summed E-state index contributed by atoms with van der Waals surface area (Å²) in [4.78, 5) is 36.7. The van der Waals surface area contributed by atoms with E-state index in [1.165, 1.54) is 0 Å². The smallest absolute Gasteiger partial charge is 0.404 e. The van der Waals surface area contributed by atoms with Crippen LogP contribution in [0.25, 0.3) is 0 Å². The number of ether oxygens (including phenoxy) is 2. The average Bonchev–Trinajstić information content (AvgIpc) is 3.00. The minimum absolute atomic E-state index is 0.121. The van der Waals surface area contributed by atoms with Gasteiger partial charge in [0.25, 0.3) is 5.91 Å². The van der Waals surface area contributed by atoms with Crippen LogP contribution in [0.2, 0.25) is 0 Å². The summed E-state index contributed by atoms with van der Waals surface area (Å²) in [5, 5.41) is 0. The fourth-order valence-electron chi connectivity index (χ4n) is 4.22. The molecule has 1 aliphatic heterocycles. The molecule has 0 radical (unpaired) electrons. The third-order valence-corrected chi connectivity index (χ3v) is 6.08. The molecule has 0 aliphatic carbocycles. The molecule has 9 nitrogen and oxygen atoms in total. The highest BCUT2D eigenvalue weighted by Gasteiger charge is 2.27. The number of carbonyl (C=O) groups is 2. The van der Waals surface area contributed by atoms with Gasteiger partial charge in [-0.2, -0.15) is 0 Å². The van der Waals surface area contributed by atoms with Gasteiger partial charge in [-0.1, -0.05) is 42.5 Å². The monoisotopic (exact) mass is 489 g/mol. The van der Waals surface area contributed by atoms with Crippen LogP contribution >= 0.6 is 0 Å². The van der Waals surface area contributed by atoms with Gasteiger partial charge in [0.15, 0.2) is 0 Å². The van der Waals surface area contributed by atoms with Gasteiger partial charge in [-0.05, 0) is 43.0 Å². The highest BCUT2D eigenvalue weighted by molar-refractivity contribution is 6.09. The molecule has 4 rings (SSSR count). The summed E-state index contributed by atoms with van der Waals surface area (Å²) < 4.78 is 11.2. The van der Waals surface area contributed by atoms with Gasteiger partial charge in [0.2, 0.25) is 0 Å². The molecule has 2 N–H and O–H groups in total. The maximum Gasteiger partial charge on any atom is 0.404 e. The number of aromatic nitrogens is 2. The van der Waals surface area contributed by atoms with Crippen molar-refractivity contribution in [2.75, 3.05) is 36.5 Å². The lowest BCUT2D eigenvalue weighted by Crippen LogP contribution is -2.33. The fourth-order valence-corrected chi connectivity index (χ4v) is 4.22. The molecule has 1 aliphatic rings. The van der Waals surface area contributed by atoms with E-state index in [-0.39, 0.29) is 18.6 Å². The van der Waals surface area contributed by atoms with E-state index in [2.05, 4.69) is 9.97 Å². The number of anilines is 2. The van der Waals surface area contributed by atoms with Crippen molar-refractivity contribution >= 4 is 23.5 Å². The van der Waals surface area contributed by atoms with E-state index >= 15 is 0 Å². The molecule has 0 fully saturated rings. The lowest BCUT2D eigenvalue weighted by Gasteiger charge is -2.22. The topological polar surface area (TPSA) is 111 Å². The molecule has 0 bridgehead atoms. The zero-order valence-corrected chi connectivity index (χ0v) is 20.6. The standard InChI is InChI=1S/C27H31N5O4/c1-19-29-17-23-25(30-19)31(2)13-14-32(26(23)33)22-11-6-8-20(16-22)18-36-24(12-7-15-35-27(28)34)21-9-4-3-5-10-21/h3-6,8-11,16-17,24H,7,12-15,18H2,1-2H3,(H2,28,34). The predicted octanol–water partition coefficient (Wildman–Crippen LogP) is 4.02. The van der Waals surface area contributed by atoms with Crippen LogP contribution in [0.1, 0.15) is 46.3 Å². The van der Waals surface area contributed by atoms with Crippen molar-refractivity contribution in [1.82, 2.24) is 9.97 Å². The first-order valence-electron chi connectivity index (χ1n) is 12.0. The Bertz CT molecular complexity index is 1200. The zero-order chi connectivity index (χ0) is 25.5. The molecule has 2 heterocycles. The molecule has 188 valence electrons. The molecule has 1 aromatic heterocycles. The number of likely N-dealkylation sites (N-methyl/N-ethyl adjacent to an activating group) is 1. The lowest BCUT2D eigenvalue weighted by molar-refractivity contribution is 0.0287. The second-order valence-corrected chi connectivity index (χ2v) is 8.72. The number of carbonyl (C=O) groups excluding carboxylic acids is 2. The van der Waals surface area contributed by atoms with E-state index < -0.39 is 6.09 Å². The van der Waals surface area contributed by atoms with Gasteiger partial charge in [0.05, 0.1) is 19.3 Å². The van der Waals surface area contributed by atoms with Crippen LogP contribution in [0.3, 0.4) is 0 Å².